The molecular weight excluding hydrogens is 452 g/mol. The predicted octanol–water partition coefficient (Wildman–Crippen LogP) is 5.64. The quantitative estimate of drug-likeness (QED) is 0.403. The average molecular weight is 475 g/mol. The molecule has 5 heteroatoms. The molecule has 4 nitrogen and oxygen atoms in total. The fourth-order valence-corrected chi connectivity index (χ4v) is 5.10. The summed E-state index contributed by atoms with van der Waals surface area (Å²) in [7, 11) is 0. The predicted molar refractivity (Wildman–Crippen MR) is 127 cm³/mol. The summed E-state index contributed by atoms with van der Waals surface area (Å²) in [4.78, 5) is 19.0. The van der Waals surface area contributed by atoms with Gasteiger partial charge in [0.1, 0.15) is 0 Å². The van der Waals surface area contributed by atoms with Crippen LogP contribution >= 0.6 is 15.9 Å². The number of carbonyl (C=O) groups is 1. The summed E-state index contributed by atoms with van der Waals surface area (Å²) < 4.78 is 0.823. The van der Waals surface area contributed by atoms with E-state index in [-0.39, 0.29) is 5.91 Å². The Balaban J connectivity index is 1.73. The van der Waals surface area contributed by atoms with Crippen molar-refractivity contribution in [2.24, 2.45) is 0 Å². The van der Waals surface area contributed by atoms with Crippen molar-refractivity contribution in [3.63, 3.8) is 0 Å². The highest BCUT2D eigenvalue weighted by molar-refractivity contribution is 9.10. The number of aryl methyl sites for hydroxylation is 3. The number of nitrogens with zero attached hydrogens (tertiary/aromatic N) is 1. The van der Waals surface area contributed by atoms with Gasteiger partial charge in [0.25, 0.3) is 5.91 Å². The van der Waals surface area contributed by atoms with E-state index in [9.17, 15) is 9.90 Å². The van der Waals surface area contributed by atoms with Crippen molar-refractivity contribution >= 4 is 38.4 Å². The van der Waals surface area contributed by atoms with Crippen molar-refractivity contribution in [2.75, 3.05) is 4.90 Å². The summed E-state index contributed by atoms with van der Waals surface area (Å²) in [6, 6.07) is 19.7. The van der Waals surface area contributed by atoms with Crippen molar-refractivity contribution in [1.82, 2.24) is 4.98 Å². The molecule has 31 heavy (non-hydrogen) atoms. The summed E-state index contributed by atoms with van der Waals surface area (Å²) >= 11 is 3.53. The van der Waals surface area contributed by atoms with E-state index >= 15 is 0 Å². The fraction of sp³-hybridized carbons (Fsp3) is 0.192. The maximum absolute atomic E-state index is 13.9. The van der Waals surface area contributed by atoms with Crippen LogP contribution in [0.3, 0.4) is 0 Å². The van der Waals surface area contributed by atoms with Gasteiger partial charge in [0.05, 0.1) is 12.2 Å². The number of halogens is 1. The number of benzene rings is 3. The van der Waals surface area contributed by atoms with Crippen LogP contribution in [0.4, 0.5) is 5.69 Å². The van der Waals surface area contributed by atoms with E-state index in [0.717, 1.165) is 43.4 Å². The van der Waals surface area contributed by atoms with Crippen LogP contribution in [0, 0.1) is 20.8 Å². The minimum atomic E-state index is -1.76. The highest BCUT2D eigenvalue weighted by Crippen LogP contribution is 2.48. The maximum Gasteiger partial charge on any atom is 0.268 e. The Kier molecular flexibility index (Phi) is 4.57. The van der Waals surface area contributed by atoms with Crippen LogP contribution in [0.5, 0.6) is 0 Å². The van der Waals surface area contributed by atoms with Crippen LogP contribution in [-0.2, 0) is 16.9 Å². The van der Waals surface area contributed by atoms with Crippen LogP contribution in [0.25, 0.3) is 10.9 Å². The molecule has 156 valence electrons. The van der Waals surface area contributed by atoms with Gasteiger partial charge in [-0.1, -0.05) is 57.9 Å². The second-order valence-corrected chi connectivity index (χ2v) is 9.28. The van der Waals surface area contributed by atoms with E-state index in [0.29, 0.717) is 17.7 Å². The van der Waals surface area contributed by atoms with E-state index in [1.54, 1.807) is 4.90 Å². The lowest BCUT2D eigenvalue weighted by atomic mass is 9.85. The van der Waals surface area contributed by atoms with Crippen LogP contribution in [0.2, 0.25) is 0 Å². The van der Waals surface area contributed by atoms with Crippen molar-refractivity contribution in [3.05, 3.63) is 98.6 Å². The molecule has 0 fully saturated rings. The van der Waals surface area contributed by atoms with Gasteiger partial charge in [-0.15, -0.1) is 0 Å². The van der Waals surface area contributed by atoms with E-state index < -0.39 is 5.60 Å². The van der Waals surface area contributed by atoms with Gasteiger partial charge >= 0.3 is 0 Å². The molecule has 0 bridgehead atoms. The molecule has 0 saturated heterocycles. The number of aromatic nitrogens is 1. The van der Waals surface area contributed by atoms with Crippen molar-refractivity contribution in [3.8, 4) is 0 Å². The zero-order valence-corrected chi connectivity index (χ0v) is 19.2. The Morgan fingerprint density at radius 3 is 2.61 bits per heavy atom. The molecule has 5 rings (SSSR count). The third-order valence-electron chi connectivity index (χ3n) is 6.28. The summed E-state index contributed by atoms with van der Waals surface area (Å²) in [5.41, 5.74) is 5.23. The normalized spacial score (nSPS) is 18.1. The van der Waals surface area contributed by atoms with Crippen LogP contribution < -0.4 is 4.90 Å². The topological polar surface area (TPSA) is 56.3 Å². The first-order valence-electron chi connectivity index (χ1n) is 10.3. The fourth-order valence-electron chi connectivity index (χ4n) is 4.74. The molecule has 1 amide bonds. The average Bonchev–Trinajstić information content (AvgIpc) is 3.18. The molecule has 4 aromatic rings. The lowest BCUT2D eigenvalue weighted by molar-refractivity contribution is -0.132. The van der Waals surface area contributed by atoms with E-state index in [1.165, 1.54) is 0 Å². The number of H-pyrrole nitrogens is 1. The van der Waals surface area contributed by atoms with Crippen LogP contribution in [0.1, 0.15) is 33.5 Å². The number of nitrogens with one attached hydrogen (secondary N) is 1. The molecule has 0 unspecified atom stereocenters. The highest BCUT2D eigenvalue weighted by atomic mass is 79.9. The zero-order chi connectivity index (χ0) is 21.9. The number of anilines is 1. The van der Waals surface area contributed by atoms with Gasteiger partial charge in [-0.25, -0.2) is 0 Å². The largest absolute Gasteiger partial charge is 0.372 e. The number of rotatable bonds is 3. The smallest absolute Gasteiger partial charge is 0.268 e. The molecule has 3 aromatic carbocycles. The number of hydrogen-bond donors (Lipinski definition) is 2. The third-order valence-corrected chi connectivity index (χ3v) is 6.78. The Bertz CT molecular complexity index is 1360. The molecule has 1 aromatic heterocycles. The first-order valence-corrected chi connectivity index (χ1v) is 11.1. The zero-order valence-electron chi connectivity index (χ0n) is 17.7. The summed E-state index contributed by atoms with van der Waals surface area (Å²) in [6.07, 6.45) is 0. The van der Waals surface area contributed by atoms with E-state index in [4.69, 9.17) is 0 Å². The number of aromatic amines is 1. The molecule has 2 N–H and O–H groups in total. The van der Waals surface area contributed by atoms with Crippen molar-refractivity contribution in [2.45, 2.75) is 32.9 Å². The molecule has 0 saturated carbocycles. The summed E-state index contributed by atoms with van der Waals surface area (Å²) in [6.45, 7) is 6.41. The van der Waals surface area contributed by atoms with E-state index in [2.05, 4.69) is 39.1 Å². The van der Waals surface area contributed by atoms with Gasteiger partial charge in [-0.05, 0) is 56.2 Å². The minimum Gasteiger partial charge on any atom is -0.372 e. The molecule has 1 aliphatic heterocycles. The number of hydrogen-bond acceptors (Lipinski definition) is 2. The monoisotopic (exact) mass is 474 g/mol. The molecule has 2 heterocycles. The first kappa shape index (κ1) is 20.0. The minimum absolute atomic E-state index is 0.325. The van der Waals surface area contributed by atoms with E-state index in [1.807, 2.05) is 63.2 Å². The highest BCUT2D eigenvalue weighted by Gasteiger charge is 2.53. The standard InChI is InChI=1S/C26H23BrN2O2/c1-15-8-9-16(2)18(12-15)14-29-23-11-10-19(27)13-21(23)26(31,25(29)30)24-17(3)28-22-7-5-4-6-20(22)24/h4-13,28,31H,14H2,1-3H3/t26-/m1/s1. The second kappa shape index (κ2) is 7.08. The van der Waals surface area contributed by atoms with Gasteiger partial charge in [0, 0.05) is 32.2 Å². The molecule has 0 spiro atoms. The number of para-hydroxylation sites is 1. The number of amides is 1. The Morgan fingerprint density at radius 2 is 1.81 bits per heavy atom. The lowest BCUT2D eigenvalue weighted by Gasteiger charge is -2.25. The van der Waals surface area contributed by atoms with Gasteiger partial charge in [-0.2, -0.15) is 0 Å². The van der Waals surface area contributed by atoms with Gasteiger partial charge < -0.3 is 15.0 Å². The number of aliphatic hydroxyl groups is 1. The van der Waals surface area contributed by atoms with Crippen molar-refractivity contribution in [1.29, 1.82) is 0 Å². The van der Waals surface area contributed by atoms with Gasteiger partial charge in [-0.3, -0.25) is 4.79 Å². The second-order valence-electron chi connectivity index (χ2n) is 8.36. The summed E-state index contributed by atoms with van der Waals surface area (Å²) in [5.74, 6) is -0.325. The Morgan fingerprint density at radius 1 is 1.03 bits per heavy atom. The van der Waals surface area contributed by atoms with Crippen LogP contribution in [-0.4, -0.2) is 16.0 Å². The van der Waals surface area contributed by atoms with Crippen molar-refractivity contribution < 1.29 is 9.90 Å². The lowest BCUT2D eigenvalue weighted by Crippen LogP contribution is -2.41. The Labute approximate surface area is 189 Å². The van der Waals surface area contributed by atoms with Gasteiger partial charge in [0.15, 0.2) is 5.60 Å². The maximum atomic E-state index is 13.9. The summed E-state index contributed by atoms with van der Waals surface area (Å²) in [5, 5.41) is 13.0. The molecule has 1 aliphatic rings. The first-order chi connectivity index (χ1) is 14.8. The van der Waals surface area contributed by atoms with Gasteiger partial charge in [0.2, 0.25) is 0 Å². The number of fused-ring (bicyclic) bond motifs is 2. The number of carbonyl (C=O) groups excluding carboxylic acids is 1. The molecular formula is C26H23BrN2O2. The molecule has 1 atom stereocenters. The van der Waals surface area contributed by atoms with Crippen LogP contribution in [0.15, 0.2) is 65.1 Å². The molecule has 0 aliphatic carbocycles. The SMILES string of the molecule is Cc1ccc(C)c(CN2C(=O)[C@](O)(c3c(C)[nH]c4ccccc34)c3cc(Br)ccc32)c1. The Hall–Kier alpha value is -2.89. The molecule has 0 radical (unpaired) electrons. The third kappa shape index (κ3) is 2.95.